The second-order valence-electron chi connectivity index (χ2n) is 5.49. The maximum absolute atomic E-state index is 11.9. The van der Waals surface area contributed by atoms with Crippen LogP contribution in [0.5, 0.6) is 5.75 Å². The van der Waals surface area contributed by atoms with E-state index in [2.05, 4.69) is 5.32 Å². The van der Waals surface area contributed by atoms with E-state index in [0.29, 0.717) is 13.0 Å². The molecule has 0 bridgehead atoms. The van der Waals surface area contributed by atoms with Crippen molar-refractivity contribution in [3.8, 4) is 5.75 Å². The Hall–Kier alpha value is -1.55. The highest BCUT2D eigenvalue weighted by Crippen LogP contribution is 2.19. The van der Waals surface area contributed by atoms with Gasteiger partial charge in [0.25, 0.3) is 0 Å². The molecule has 20 heavy (non-hydrogen) atoms. The maximum atomic E-state index is 11.9. The molecule has 0 saturated carbocycles. The number of esters is 1. The number of carbonyl (C=O) groups excluding carboxylic acids is 1. The number of benzene rings is 1. The normalized spacial score (nSPS) is 13.9. The van der Waals surface area contributed by atoms with Crippen LogP contribution in [0.25, 0.3) is 0 Å². The van der Waals surface area contributed by atoms with Crippen LogP contribution in [-0.2, 0) is 9.53 Å². The lowest BCUT2D eigenvalue weighted by molar-refractivity contribution is -0.148. The van der Waals surface area contributed by atoms with Gasteiger partial charge in [0.15, 0.2) is 0 Å². The minimum Gasteiger partial charge on any atom is -0.493 e. The van der Waals surface area contributed by atoms with Crippen molar-refractivity contribution >= 4 is 5.97 Å². The molecule has 0 amide bonds. The van der Waals surface area contributed by atoms with Crippen molar-refractivity contribution in [1.29, 1.82) is 0 Å². The lowest BCUT2D eigenvalue weighted by Gasteiger charge is -2.30. The monoisotopic (exact) mass is 279 g/mol. The largest absolute Gasteiger partial charge is 0.493 e. The van der Waals surface area contributed by atoms with E-state index in [1.165, 1.54) is 7.11 Å². The van der Waals surface area contributed by atoms with Gasteiger partial charge in [-0.25, -0.2) is 0 Å². The van der Waals surface area contributed by atoms with E-state index >= 15 is 0 Å². The molecule has 0 saturated heterocycles. The first-order valence-corrected chi connectivity index (χ1v) is 6.93. The summed E-state index contributed by atoms with van der Waals surface area (Å²) in [6.45, 7) is 8.31. The Morgan fingerprint density at radius 3 is 2.55 bits per heavy atom. The van der Waals surface area contributed by atoms with Crippen molar-refractivity contribution < 1.29 is 14.3 Å². The number of hydrogen-bond donors (Lipinski definition) is 1. The Bertz CT molecular complexity index is 445. The van der Waals surface area contributed by atoms with E-state index in [1.807, 2.05) is 52.0 Å². The molecule has 4 nitrogen and oxygen atoms in total. The van der Waals surface area contributed by atoms with Crippen LogP contribution in [-0.4, -0.2) is 31.3 Å². The van der Waals surface area contributed by atoms with Crippen molar-refractivity contribution in [2.24, 2.45) is 0 Å². The maximum Gasteiger partial charge on any atom is 0.325 e. The van der Waals surface area contributed by atoms with Crippen molar-refractivity contribution in [2.75, 3.05) is 13.7 Å². The van der Waals surface area contributed by atoms with Gasteiger partial charge in [-0.3, -0.25) is 10.1 Å². The van der Waals surface area contributed by atoms with E-state index in [-0.39, 0.29) is 12.0 Å². The summed E-state index contributed by atoms with van der Waals surface area (Å²) in [5.74, 6) is 0.587. The molecule has 1 aromatic carbocycles. The average molecular weight is 279 g/mol. The summed E-state index contributed by atoms with van der Waals surface area (Å²) in [6, 6.07) is 8.04. The van der Waals surface area contributed by atoms with Crippen molar-refractivity contribution in [1.82, 2.24) is 5.32 Å². The predicted octanol–water partition coefficient (Wildman–Crippen LogP) is 2.69. The third-order valence-electron chi connectivity index (χ3n) is 3.20. The number of aryl methyl sites for hydroxylation is 1. The number of ether oxygens (including phenoxy) is 2. The van der Waals surface area contributed by atoms with E-state index in [4.69, 9.17) is 9.47 Å². The quantitative estimate of drug-likeness (QED) is 0.780. The van der Waals surface area contributed by atoms with Gasteiger partial charge in [0.1, 0.15) is 11.3 Å². The van der Waals surface area contributed by atoms with Gasteiger partial charge in [-0.15, -0.1) is 0 Å². The Labute approximate surface area is 121 Å². The highest BCUT2D eigenvalue weighted by atomic mass is 16.5. The molecule has 0 radical (unpaired) electrons. The summed E-state index contributed by atoms with van der Waals surface area (Å²) < 4.78 is 10.6. The molecule has 1 aromatic rings. The zero-order valence-electron chi connectivity index (χ0n) is 13.0. The molecule has 1 rings (SSSR count). The van der Waals surface area contributed by atoms with Gasteiger partial charge in [-0.1, -0.05) is 18.2 Å². The number of para-hydroxylation sites is 1. The van der Waals surface area contributed by atoms with Gasteiger partial charge in [0.2, 0.25) is 0 Å². The summed E-state index contributed by atoms with van der Waals surface area (Å²) in [6.07, 6.45) is 0.548. The van der Waals surface area contributed by atoms with Gasteiger partial charge >= 0.3 is 5.97 Å². The van der Waals surface area contributed by atoms with Crippen LogP contribution in [0.1, 0.15) is 32.8 Å². The van der Waals surface area contributed by atoms with Crippen LogP contribution in [0.15, 0.2) is 24.3 Å². The van der Waals surface area contributed by atoms with Crippen LogP contribution in [0.4, 0.5) is 0 Å². The van der Waals surface area contributed by atoms with Crippen LogP contribution in [0, 0.1) is 6.92 Å². The summed E-state index contributed by atoms with van der Waals surface area (Å²) in [5.41, 5.74) is 0.357. The minimum absolute atomic E-state index is 0.192. The molecule has 112 valence electrons. The van der Waals surface area contributed by atoms with Gasteiger partial charge in [0, 0.05) is 12.5 Å². The highest BCUT2D eigenvalue weighted by Gasteiger charge is 2.34. The first kappa shape index (κ1) is 16.5. The van der Waals surface area contributed by atoms with Gasteiger partial charge in [0.05, 0.1) is 13.7 Å². The molecule has 0 spiro atoms. The van der Waals surface area contributed by atoms with E-state index < -0.39 is 5.54 Å². The second kappa shape index (κ2) is 7.29. The van der Waals surface area contributed by atoms with E-state index in [9.17, 15) is 4.79 Å². The summed E-state index contributed by atoms with van der Waals surface area (Å²) in [7, 11) is 1.41. The van der Waals surface area contributed by atoms with Gasteiger partial charge in [-0.2, -0.15) is 0 Å². The standard InChI is InChI=1S/C16H25NO3/c1-12(2)17-16(4,15(18)19-5)10-11-20-14-9-7-6-8-13(14)3/h6-9,12,17H,10-11H2,1-5H3. The molecule has 0 aliphatic carbocycles. The number of rotatable bonds is 7. The molecule has 0 aliphatic heterocycles. The predicted molar refractivity (Wildman–Crippen MR) is 80.0 cm³/mol. The molecule has 0 fully saturated rings. The number of nitrogens with one attached hydrogen (secondary N) is 1. The van der Waals surface area contributed by atoms with Crippen molar-refractivity contribution in [3.63, 3.8) is 0 Å². The minimum atomic E-state index is -0.731. The van der Waals surface area contributed by atoms with E-state index in [0.717, 1.165) is 11.3 Å². The van der Waals surface area contributed by atoms with Crippen molar-refractivity contribution in [3.05, 3.63) is 29.8 Å². The Morgan fingerprint density at radius 2 is 2.00 bits per heavy atom. The van der Waals surface area contributed by atoms with Crippen LogP contribution < -0.4 is 10.1 Å². The summed E-state index contributed by atoms with van der Waals surface area (Å²) in [4.78, 5) is 11.9. The smallest absolute Gasteiger partial charge is 0.325 e. The van der Waals surface area contributed by atoms with Gasteiger partial charge < -0.3 is 9.47 Å². The van der Waals surface area contributed by atoms with Crippen molar-refractivity contribution in [2.45, 2.75) is 45.7 Å². The molecular weight excluding hydrogens is 254 g/mol. The Morgan fingerprint density at radius 1 is 1.35 bits per heavy atom. The average Bonchev–Trinajstić information content (AvgIpc) is 2.39. The molecule has 1 N–H and O–H groups in total. The molecule has 0 heterocycles. The molecule has 1 unspecified atom stereocenters. The van der Waals surface area contributed by atoms with Crippen LogP contribution >= 0.6 is 0 Å². The fourth-order valence-electron chi connectivity index (χ4n) is 2.18. The lowest BCUT2D eigenvalue weighted by atomic mass is 9.97. The number of hydrogen-bond acceptors (Lipinski definition) is 4. The highest BCUT2D eigenvalue weighted by molar-refractivity contribution is 5.80. The Kier molecular flexibility index (Phi) is 6.02. The SMILES string of the molecule is COC(=O)C(C)(CCOc1ccccc1C)NC(C)C. The van der Waals surface area contributed by atoms with Crippen LogP contribution in [0.3, 0.4) is 0 Å². The molecule has 0 aliphatic rings. The number of carbonyl (C=O) groups is 1. The summed E-state index contributed by atoms with van der Waals surface area (Å²) >= 11 is 0. The topological polar surface area (TPSA) is 47.6 Å². The zero-order chi connectivity index (χ0) is 15.2. The Balaban J connectivity index is 2.63. The molecular formula is C16H25NO3. The molecule has 0 aromatic heterocycles. The first-order chi connectivity index (χ1) is 9.39. The first-order valence-electron chi connectivity index (χ1n) is 6.93. The fourth-order valence-corrected chi connectivity index (χ4v) is 2.18. The zero-order valence-corrected chi connectivity index (χ0v) is 13.0. The molecule has 4 heteroatoms. The van der Waals surface area contributed by atoms with Crippen LogP contribution in [0.2, 0.25) is 0 Å². The van der Waals surface area contributed by atoms with E-state index in [1.54, 1.807) is 0 Å². The third kappa shape index (κ3) is 4.53. The fraction of sp³-hybridized carbons (Fsp3) is 0.562. The lowest BCUT2D eigenvalue weighted by Crippen LogP contribution is -2.53. The number of methoxy groups -OCH3 is 1. The summed E-state index contributed by atoms with van der Waals surface area (Å²) in [5, 5.41) is 3.25. The second-order valence-corrected chi connectivity index (χ2v) is 5.49. The van der Waals surface area contributed by atoms with Gasteiger partial charge in [-0.05, 0) is 39.3 Å². The third-order valence-corrected chi connectivity index (χ3v) is 3.20. The molecule has 1 atom stereocenters.